The van der Waals surface area contributed by atoms with Gasteiger partial charge in [-0.2, -0.15) is 0 Å². The van der Waals surface area contributed by atoms with Gasteiger partial charge in [0.1, 0.15) is 5.15 Å². The third kappa shape index (κ3) is 3.39. The SMILES string of the molecule is CN1CCN(Cc2cccc(Cl)n2)C(CN)C1. The Hall–Kier alpha value is -0.680. The molecule has 1 fully saturated rings. The first-order chi connectivity index (χ1) is 8.19. The summed E-state index contributed by atoms with van der Waals surface area (Å²) in [6.07, 6.45) is 0. The van der Waals surface area contributed by atoms with Gasteiger partial charge in [-0.05, 0) is 19.2 Å². The molecule has 1 aliphatic rings. The van der Waals surface area contributed by atoms with Crippen LogP contribution in [0.15, 0.2) is 18.2 Å². The van der Waals surface area contributed by atoms with Crippen molar-refractivity contribution in [2.45, 2.75) is 12.6 Å². The topological polar surface area (TPSA) is 45.4 Å². The molecule has 17 heavy (non-hydrogen) atoms. The van der Waals surface area contributed by atoms with Crippen LogP contribution in [0.5, 0.6) is 0 Å². The van der Waals surface area contributed by atoms with Gasteiger partial charge in [-0.3, -0.25) is 4.90 Å². The number of pyridine rings is 1. The molecule has 2 rings (SSSR count). The van der Waals surface area contributed by atoms with E-state index >= 15 is 0 Å². The number of likely N-dealkylation sites (N-methyl/N-ethyl adjacent to an activating group) is 1. The van der Waals surface area contributed by atoms with E-state index in [-0.39, 0.29) is 0 Å². The Balaban J connectivity index is 2.02. The Labute approximate surface area is 107 Å². The lowest BCUT2D eigenvalue weighted by Crippen LogP contribution is -2.54. The van der Waals surface area contributed by atoms with E-state index in [1.165, 1.54) is 0 Å². The fraction of sp³-hybridized carbons (Fsp3) is 0.583. The van der Waals surface area contributed by atoms with E-state index in [9.17, 15) is 0 Å². The predicted octanol–water partition coefficient (Wildman–Crippen LogP) is 0.810. The molecule has 0 saturated carbocycles. The van der Waals surface area contributed by atoms with Crippen molar-refractivity contribution in [3.8, 4) is 0 Å². The molecule has 1 aromatic heterocycles. The van der Waals surface area contributed by atoms with E-state index in [1.54, 1.807) is 6.07 Å². The van der Waals surface area contributed by atoms with Crippen LogP contribution in [0.2, 0.25) is 5.15 Å². The number of rotatable bonds is 3. The minimum Gasteiger partial charge on any atom is -0.329 e. The second-order valence-corrected chi connectivity index (χ2v) is 4.96. The molecule has 1 saturated heterocycles. The van der Waals surface area contributed by atoms with Crippen molar-refractivity contribution in [3.63, 3.8) is 0 Å². The fourth-order valence-corrected chi connectivity index (χ4v) is 2.41. The highest BCUT2D eigenvalue weighted by Gasteiger charge is 2.24. The van der Waals surface area contributed by atoms with Crippen LogP contribution in [0.1, 0.15) is 5.69 Å². The van der Waals surface area contributed by atoms with Crippen LogP contribution in [0.25, 0.3) is 0 Å². The van der Waals surface area contributed by atoms with E-state index in [4.69, 9.17) is 17.3 Å². The largest absolute Gasteiger partial charge is 0.329 e. The molecule has 1 aromatic rings. The van der Waals surface area contributed by atoms with Crippen molar-refractivity contribution in [3.05, 3.63) is 29.0 Å². The molecule has 2 N–H and O–H groups in total. The maximum Gasteiger partial charge on any atom is 0.129 e. The van der Waals surface area contributed by atoms with Crippen molar-refractivity contribution in [1.29, 1.82) is 0 Å². The number of hydrogen-bond acceptors (Lipinski definition) is 4. The Morgan fingerprint density at radius 3 is 3.00 bits per heavy atom. The van der Waals surface area contributed by atoms with Crippen LogP contribution in [-0.2, 0) is 6.54 Å². The molecule has 1 atom stereocenters. The van der Waals surface area contributed by atoms with Crippen molar-refractivity contribution in [2.24, 2.45) is 5.73 Å². The van der Waals surface area contributed by atoms with Gasteiger partial charge in [-0.1, -0.05) is 17.7 Å². The maximum absolute atomic E-state index is 5.89. The highest BCUT2D eigenvalue weighted by atomic mass is 35.5. The summed E-state index contributed by atoms with van der Waals surface area (Å²) in [5.41, 5.74) is 6.84. The molecule has 1 unspecified atom stereocenters. The molecule has 0 radical (unpaired) electrons. The van der Waals surface area contributed by atoms with Crippen molar-refractivity contribution in [1.82, 2.24) is 14.8 Å². The molecule has 0 spiro atoms. The number of hydrogen-bond donors (Lipinski definition) is 1. The molecular formula is C12H19ClN4. The molecule has 2 heterocycles. The summed E-state index contributed by atoms with van der Waals surface area (Å²) in [6.45, 7) is 4.65. The zero-order valence-corrected chi connectivity index (χ0v) is 10.9. The van der Waals surface area contributed by atoms with Crippen LogP contribution >= 0.6 is 11.6 Å². The summed E-state index contributed by atoms with van der Waals surface area (Å²) < 4.78 is 0. The highest BCUT2D eigenvalue weighted by molar-refractivity contribution is 6.29. The molecule has 94 valence electrons. The molecule has 0 aliphatic carbocycles. The third-order valence-electron chi connectivity index (χ3n) is 3.22. The minimum absolute atomic E-state index is 0.412. The molecule has 4 nitrogen and oxygen atoms in total. The first kappa shape index (κ1) is 12.8. The average molecular weight is 255 g/mol. The van der Waals surface area contributed by atoms with Crippen molar-refractivity contribution in [2.75, 3.05) is 33.2 Å². The smallest absolute Gasteiger partial charge is 0.129 e. The average Bonchev–Trinajstić information content (AvgIpc) is 2.31. The Morgan fingerprint density at radius 2 is 2.29 bits per heavy atom. The number of halogens is 1. The van der Waals surface area contributed by atoms with E-state index in [0.29, 0.717) is 17.7 Å². The Bertz CT molecular complexity index is 371. The van der Waals surface area contributed by atoms with Crippen LogP contribution in [0, 0.1) is 0 Å². The van der Waals surface area contributed by atoms with Gasteiger partial charge in [0, 0.05) is 38.8 Å². The fourth-order valence-electron chi connectivity index (χ4n) is 2.23. The second kappa shape index (κ2) is 5.78. The summed E-state index contributed by atoms with van der Waals surface area (Å²) in [7, 11) is 2.14. The molecule has 0 aromatic carbocycles. The van der Waals surface area contributed by atoms with Gasteiger partial charge in [-0.15, -0.1) is 0 Å². The highest BCUT2D eigenvalue weighted by Crippen LogP contribution is 2.13. The maximum atomic E-state index is 5.89. The van der Waals surface area contributed by atoms with Gasteiger partial charge in [0.25, 0.3) is 0 Å². The van der Waals surface area contributed by atoms with Gasteiger partial charge in [0.15, 0.2) is 0 Å². The molecule has 0 amide bonds. The number of nitrogens with two attached hydrogens (primary N) is 1. The van der Waals surface area contributed by atoms with E-state index in [1.807, 2.05) is 12.1 Å². The van der Waals surface area contributed by atoms with Crippen LogP contribution in [0.4, 0.5) is 0 Å². The predicted molar refractivity (Wildman–Crippen MR) is 70.0 cm³/mol. The monoisotopic (exact) mass is 254 g/mol. The minimum atomic E-state index is 0.412. The third-order valence-corrected chi connectivity index (χ3v) is 3.43. The zero-order chi connectivity index (χ0) is 12.3. The lowest BCUT2D eigenvalue weighted by Gasteiger charge is -2.39. The van der Waals surface area contributed by atoms with Gasteiger partial charge < -0.3 is 10.6 Å². The lowest BCUT2D eigenvalue weighted by molar-refractivity contribution is 0.0870. The molecular weight excluding hydrogens is 236 g/mol. The first-order valence-corrected chi connectivity index (χ1v) is 6.31. The molecule has 1 aliphatic heterocycles. The standard InChI is InChI=1S/C12H19ClN4/c1-16-5-6-17(11(7-14)9-16)8-10-3-2-4-12(13)15-10/h2-4,11H,5-9,14H2,1H3. The van der Waals surface area contributed by atoms with E-state index < -0.39 is 0 Å². The Kier molecular flexibility index (Phi) is 4.34. The number of aromatic nitrogens is 1. The van der Waals surface area contributed by atoms with Gasteiger partial charge in [0.05, 0.1) is 5.69 Å². The summed E-state index contributed by atoms with van der Waals surface area (Å²) in [5.74, 6) is 0. The number of nitrogens with zero attached hydrogens (tertiary/aromatic N) is 3. The second-order valence-electron chi connectivity index (χ2n) is 4.57. The summed E-state index contributed by atoms with van der Waals surface area (Å²) in [4.78, 5) is 9.03. The van der Waals surface area contributed by atoms with Gasteiger partial charge in [0.2, 0.25) is 0 Å². The zero-order valence-electron chi connectivity index (χ0n) is 10.1. The van der Waals surface area contributed by atoms with Crippen LogP contribution in [0.3, 0.4) is 0 Å². The van der Waals surface area contributed by atoms with Crippen molar-refractivity contribution < 1.29 is 0 Å². The van der Waals surface area contributed by atoms with E-state index in [2.05, 4.69) is 21.8 Å². The van der Waals surface area contributed by atoms with Gasteiger partial charge in [-0.25, -0.2) is 4.98 Å². The number of piperazine rings is 1. The summed E-state index contributed by atoms with van der Waals surface area (Å²) in [5, 5.41) is 0.556. The van der Waals surface area contributed by atoms with Crippen molar-refractivity contribution >= 4 is 11.6 Å². The van der Waals surface area contributed by atoms with Crippen LogP contribution < -0.4 is 5.73 Å². The summed E-state index contributed by atoms with van der Waals surface area (Å²) in [6, 6.07) is 6.17. The summed E-state index contributed by atoms with van der Waals surface area (Å²) >= 11 is 5.89. The van der Waals surface area contributed by atoms with E-state index in [0.717, 1.165) is 31.9 Å². The Morgan fingerprint density at radius 1 is 1.47 bits per heavy atom. The van der Waals surface area contributed by atoms with Gasteiger partial charge >= 0.3 is 0 Å². The lowest BCUT2D eigenvalue weighted by atomic mass is 10.1. The van der Waals surface area contributed by atoms with Crippen LogP contribution in [-0.4, -0.2) is 54.1 Å². The normalized spacial score (nSPS) is 22.9. The molecule has 5 heteroatoms. The first-order valence-electron chi connectivity index (χ1n) is 5.93. The molecule has 0 bridgehead atoms. The quantitative estimate of drug-likeness (QED) is 0.811.